The molecule has 0 heterocycles. The number of rotatable bonds is 5. The van der Waals surface area contributed by atoms with Crippen molar-refractivity contribution in [3.63, 3.8) is 0 Å². The maximum absolute atomic E-state index is 10.7. The summed E-state index contributed by atoms with van der Waals surface area (Å²) in [7, 11) is 0. The van der Waals surface area contributed by atoms with Gasteiger partial charge in [0.15, 0.2) is 6.29 Å². The van der Waals surface area contributed by atoms with Crippen LogP contribution < -0.4 is 0 Å². The standard InChI is InChI=1S/C11H13NO4/c1-3-16-8(2)9-4-5-10(7-13)11(6-9)12(14)15/h4-8H,3H2,1-2H3. The highest BCUT2D eigenvalue weighted by atomic mass is 16.6. The van der Waals surface area contributed by atoms with Gasteiger partial charge in [-0.2, -0.15) is 0 Å². The molecule has 1 unspecified atom stereocenters. The molecule has 0 aliphatic heterocycles. The van der Waals surface area contributed by atoms with E-state index in [1.54, 1.807) is 6.07 Å². The van der Waals surface area contributed by atoms with Crippen molar-refractivity contribution in [2.75, 3.05) is 6.61 Å². The second-order valence-electron chi connectivity index (χ2n) is 3.29. The number of carbonyl (C=O) groups excluding carboxylic acids is 1. The second-order valence-corrected chi connectivity index (χ2v) is 3.29. The predicted octanol–water partition coefficient (Wildman–Crippen LogP) is 2.50. The molecular weight excluding hydrogens is 210 g/mol. The quantitative estimate of drug-likeness (QED) is 0.437. The lowest BCUT2D eigenvalue weighted by Gasteiger charge is -2.11. The first-order valence-electron chi connectivity index (χ1n) is 4.95. The maximum atomic E-state index is 10.7. The first kappa shape index (κ1) is 12.3. The number of aldehydes is 1. The molecule has 0 spiro atoms. The number of hydrogen-bond acceptors (Lipinski definition) is 4. The van der Waals surface area contributed by atoms with Crippen LogP contribution in [-0.2, 0) is 4.74 Å². The average Bonchev–Trinajstić information content (AvgIpc) is 2.28. The molecule has 0 radical (unpaired) electrons. The van der Waals surface area contributed by atoms with Crippen molar-refractivity contribution in [1.29, 1.82) is 0 Å². The third-order valence-corrected chi connectivity index (χ3v) is 2.26. The Bertz CT molecular complexity index is 403. The largest absolute Gasteiger partial charge is 0.374 e. The third kappa shape index (κ3) is 2.64. The van der Waals surface area contributed by atoms with Gasteiger partial charge in [0.25, 0.3) is 5.69 Å². The van der Waals surface area contributed by atoms with E-state index in [4.69, 9.17) is 4.74 Å². The van der Waals surface area contributed by atoms with Crippen LogP contribution in [0.1, 0.15) is 35.9 Å². The zero-order valence-corrected chi connectivity index (χ0v) is 9.17. The SMILES string of the molecule is CCOC(C)c1ccc(C=O)c([N+](=O)[O-])c1. The van der Waals surface area contributed by atoms with Crippen molar-refractivity contribution in [1.82, 2.24) is 0 Å². The molecule has 1 rings (SSSR count). The van der Waals surface area contributed by atoms with E-state index in [9.17, 15) is 14.9 Å². The van der Waals surface area contributed by atoms with Gasteiger partial charge in [-0.25, -0.2) is 0 Å². The van der Waals surface area contributed by atoms with Crippen molar-refractivity contribution in [2.24, 2.45) is 0 Å². The number of benzene rings is 1. The third-order valence-electron chi connectivity index (χ3n) is 2.26. The van der Waals surface area contributed by atoms with Crippen molar-refractivity contribution >= 4 is 12.0 Å². The number of nitro benzene ring substituents is 1. The Morgan fingerprint density at radius 3 is 2.75 bits per heavy atom. The van der Waals surface area contributed by atoms with Crippen LogP contribution in [0.25, 0.3) is 0 Å². The Morgan fingerprint density at radius 1 is 1.56 bits per heavy atom. The molecule has 0 aromatic heterocycles. The highest BCUT2D eigenvalue weighted by Gasteiger charge is 2.16. The van der Waals surface area contributed by atoms with Crippen LogP contribution in [0.15, 0.2) is 18.2 Å². The molecule has 0 bridgehead atoms. The van der Waals surface area contributed by atoms with Gasteiger partial charge in [-0.05, 0) is 25.5 Å². The normalized spacial score (nSPS) is 12.1. The molecule has 0 N–H and O–H groups in total. The smallest absolute Gasteiger partial charge is 0.280 e. The Balaban J connectivity index is 3.11. The molecular formula is C11H13NO4. The fourth-order valence-corrected chi connectivity index (χ4v) is 1.42. The van der Waals surface area contributed by atoms with Crippen LogP contribution in [-0.4, -0.2) is 17.8 Å². The van der Waals surface area contributed by atoms with Crippen molar-refractivity contribution in [3.8, 4) is 0 Å². The summed E-state index contributed by atoms with van der Waals surface area (Å²) in [5.41, 5.74) is 0.593. The first-order valence-corrected chi connectivity index (χ1v) is 4.95. The Morgan fingerprint density at radius 2 is 2.25 bits per heavy atom. The fraction of sp³-hybridized carbons (Fsp3) is 0.364. The summed E-state index contributed by atoms with van der Waals surface area (Å²) in [4.78, 5) is 20.8. The molecule has 0 fully saturated rings. The average molecular weight is 223 g/mol. The Kier molecular flexibility index (Phi) is 4.13. The summed E-state index contributed by atoms with van der Waals surface area (Å²) in [5, 5.41) is 10.7. The molecule has 0 saturated carbocycles. The van der Waals surface area contributed by atoms with Crippen LogP contribution in [0.4, 0.5) is 5.69 Å². The zero-order valence-electron chi connectivity index (χ0n) is 9.17. The fourth-order valence-electron chi connectivity index (χ4n) is 1.42. The monoisotopic (exact) mass is 223 g/mol. The molecule has 5 nitrogen and oxygen atoms in total. The molecule has 1 atom stereocenters. The number of hydrogen-bond donors (Lipinski definition) is 0. The van der Waals surface area contributed by atoms with E-state index in [-0.39, 0.29) is 17.4 Å². The van der Waals surface area contributed by atoms with Crippen molar-refractivity contribution in [2.45, 2.75) is 20.0 Å². The minimum atomic E-state index is -0.564. The van der Waals surface area contributed by atoms with Gasteiger partial charge in [0.1, 0.15) is 0 Å². The summed E-state index contributed by atoms with van der Waals surface area (Å²) >= 11 is 0. The molecule has 0 saturated heterocycles. The van der Waals surface area contributed by atoms with Gasteiger partial charge in [0.2, 0.25) is 0 Å². The summed E-state index contributed by atoms with van der Waals surface area (Å²) in [6, 6.07) is 4.48. The zero-order chi connectivity index (χ0) is 12.1. The van der Waals surface area contributed by atoms with Crippen LogP contribution in [0, 0.1) is 10.1 Å². The first-order chi connectivity index (χ1) is 7.60. The topological polar surface area (TPSA) is 69.4 Å². The predicted molar refractivity (Wildman–Crippen MR) is 58.5 cm³/mol. The molecule has 16 heavy (non-hydrogen) atoms. The summed E-state index contributed by atoms with van der Waals surface area (Å²) in [6.07, 6.45) is 0.261. The minimum absolute atomic E-state index is 0.0810. The highest BCUT2D eigenvalue weighted by Crippen LogP contribution is 2.24. The lowest BCUT2D eigenvalue weighted by atomic mass is 10.1. The van der Waals surface area contributed by atoms with E-state index in [1.807, 2.05) is 13.8 Å². The number of nitro groups is 1. The summed E-state index contributed by atoms with van der Waals surface area (Å²) in [6.45, 7) is 4.19. The minimum Gasteiger partial charge on any atom is -0.374 e. The number of nitrogens with zero attached hydrogens (tertiary/aromatic N) is 1. The van der Waals surface area contributed by atoms with Crippen molar-refractivity contribution in [3.05, 3.63) is 39.4 Å². The van der Waals surface area contributed by atoms with E-state index in [1.165, 1.54) is 12.1 Å². The van der Waals surface area contributed by atoms with Crippen LogP contribution in [0.2, 0.25) is 0 Å². The van der Waals surface area contributed by atoms with Gasteiger partial charge in [0, 0.05) is 12.7 Å². The van der Waals surface area contributed by atoms with Crippen molar-refractivity contribution < 1.29 is 14.5 Å². The summed E-state index contributed by atoms with van der Waals surface area (Å²) < 4.78 is 5.33. The Hall–Kier alpha value is -1.75. The number of ether oxygens (including phenoxy) is 1. The lowest BCUT2D eigenvalue weighted by molar-refractivity contribution is -0.385. The van der Waals surface area contributed by atoms with Crippen LogP contribution in [0.5, 0.6) is 0 Å². The molecule has 0 aliphatic rings. The van der Waals surface area contributed by atoms with Gasteiger partial charge in [0.05, 0.1) is 16.6 Å². The maximum Gasteiger partial charge on any atom is 0.280 e. The van der Waals surface area contributed by atoms with E-state index < -0.39 is 4.92 Å². The molecule has 0 amide bonds. The molecule has 0 aliphatic carbocycles. The van der Waals surface area contributed by atoms with Crippen LogP contribution in [0.3, 0.4) is 0 Å². The van der Waals surface area contributed by atoms with Gasteiger partial charge in [-0.3, -0.25) is 14.9 Å². The molecule has 86 valence electrons. The number of carbonyl (C=O) groups is 1. The Labute approximate surface area is 93.2 Å². The van der Waals surface area contributed by atoms with E-state index >= 15 is 0 Å². The lowest BCUT2D eigenvalue weighted by Crippen LogP contribution is -2.02. The van der Waals surface area contributed by atoms with Gasteiger partial charge in [-0.15, -0.1) is 0 Å². The summed E-state index contributed by atoms with van der Waals surface area (Å²) in [5.74, 6) is 0. The van der Waals surface area contributed by atoms with E-state index in [2.05, 4.69) is 0 Å². The molecule has 5 heteroatoms. The van der Waals surface area contributed by atoms with E-state index in [0.717, 1.165) is 0 Å². The molecule has 1 aromatic carbocycles. The van der Waals surface area contributed by atoms with Crippen LogP contribution >= 0.6 is 0 Å². The van der Waals surface area contributed by atoms with Gasteiger partial charge in [-0.1, -0.05) is 6.07 Å². The highest BCUT2D eigenvalue weighted by molar-refractivity contribution is 5.81. The molecule has 1 aromatic rings. The second kappa shape index (κ2) is 5.37. The van der Waals surface area contributed by atoms with E-state index in [0.29, 0.717) is 18.5 Å². The van der Waals surface area contributed by atoms with Gasteiger partial charge >= 0.3 is 0 Å². The van der Waals surface area contributed by atoms with Gasteiger partial charge < -0.3 is 4.74 Å².